The third kappa shape index (κ3) is 3.90. The minimum Gasteiger partial charge on any atom is -0.406 e. The Morgan fingerprint density at radius 1 is 1.00 bits per heavy atom. The lowest BCUT2D eigenvalue weighted by Crippen LogP contribution is -2.18. The van der Waals surface area contributed by atoms with E-state index in [0.29, 0.717) is 0 Å². The maximum Gasteiger partial charge on any atom is 0.573 e. The van der Waals surface area contributed by atoms with E-state index in [1.165, 1.54) is 0 Å². The summed E-state index contributed by atoms with van der Waals surface area (Å²) in [6.07, 6.45) is -10.3. The van der Waals surface area contributed by atoms with Crippen LogP contribution in [0.3, 0.4) is 0 Å². The molecule has 0 aliphatic carbocycles. The average molecular weight is 276 g/mol. The van der Waals surface area contributed by atoms with Crippen molar-refractivity contribution in [1.29, 1.82) is 0 Å². The van der Waals surface area contributed by atoms with E-state index >= 15 is 0 Å². The first-order chi connectivity index (χ1) is 7.99. The Kier molecular flexibility index (Phi) is 3.54. The number of alkyl halides is 6. The first-order valence-electron chi connectivity index (χ1n) is 4.17. The molecule has 0 heterocycles. The van der Waals surface area contributed by atoms with Crippen LogP contribution in [0.15, 0.2) is 18.2 Å². The molecular weight excluding hydrogens is 273 g/mol. The van der Waals surface area contributed by atoms with Gasteiger partial charge in [0.1, 0.15) is 5.75 Å². The van der Waals surface area contributed by atoms with Crippen LogP contribution in [-0.2, 0) is 6.18 Å². The van der Waals surface area contributed by atoms with Gasteiger partial charge in [-0.3, -0.25) is 4.79 Å². The summed E-state index contributed by atoms with van der Waals surface area (Å²) in [6, 6.07) is -1.97. The largest absolute Gasteiger partial charge is 0.573 e. The highest BCUT2D eigenvalue weighted by molar-refractivity contribution is 5.89. The lowest BCUT2D eigenvalue weighted by Gasteiger charge is -2.12. The van der Waals surface area contributed by atoms with Crippen LogP contribution < -0.4 is 4.74 Å². The van der Waals surface area contributed by atoms with Gasteiger partial charge < -0.3 is 4.74 Å². The van der Waals surface area contributed by atoms with Crippen LogP contribution >= 0.6 is 0 Å². The van der Waals surface area contributed by atoms with E-state index in [-0.39, 0.29) is 18.2 Å². The van der Waals surface area contributed by atoms with Gasteiger partial charge in [0.05, 0.1) is 11.1 Å². The number of hydrogen-bond donors (Lipinski definition) is 0. The predicted octanol–water partition coefficient (Wildman–Crippen LogP) is 3.71. The molecule has 2 nitrogen and oxygen atoms in total. The molecule has 0 fully saturated rings. The Labute approximate surface area is 95.0 Å². The van der Waals surface area contributed by atoms with Crippen molar-refractivity contribution in [1.82, 2.24) is 0 Å². The first kappa shape index (κ1) is 14.3. The minimum absolute atomic E-state index is 0.0138. The third-order valence-corrected chi connectivity index (χ3v) is 1.69. The second-order valence-corrected chi connectivity index (χ2v) is 3.07. The van der Waals surface area contributed by atoms with Gasteiger partial charge in [0.2, 0.25) is 0 Å². The summed E-state index contributed by atoms with van der Waals surface area (Å²) in [6.45, 7) is 0. The quantitative estimate of drug-likeness (QED) is 0.608. The van der Waals surface area contributed by atoms with E-state index in [4.69, 9.17) is 0 Å². The molecule has 0 saturated carbocycles. The van der Waals surface area contributed by atoms with E-state index in [1.54, 1.807) is 0 Å². The molecule has 0 aliphatic heterocycles. The van der Waals surface area contributed by atoms with E-state index in [0.717, 1.165) is 0 Å². The lowest BCUT2D eigenvalue weighted by molar-refractivity contribution is -0.274. The monoisotopic (exact) mass is 276 g/mol. The van der Waals surface area contributed by atoms with Crippen molar-refractivity contribution >= 4 is 6.04 Å². The standard InChI is InChI=1S/C9H3F7O2/c10-7(17)4-1-5(8(11,12)13)3-6(2-4)18-9(14,15)16/h1-3H. The average Bonchev–Trinajstić information content (AvgIpc) is 2.12. The Hall–Kier alpha value is -1.80. The molecule has 0 radical (unpaired) electrons. The normalized spacial score (nSPS) is 12.4. The van der Waals surface area contributed by atoms with Crippen molar-refractivity contribution in [2.45, 2.75) is 12.5 Å². The van der Waals surface area contributed by atoms with Gasteiger partial charge in [0.15, 0.2) is 0 Å². The molecular formula is C9H3F7O2. The summed E-state index contributed by atoms with van der Waals surface area (Å²) < 4.78 is 87.8. The van der Waals surface area contributed by atoms with Crippen molar-refractivity contribution in [2.24, 2.45) is 0 Å². The third-order valence-electron chi connectivity index (χ3n) is 1.69. The van der Waals surface area contributed by atoms with Crippen molar-refractivity contribution in [3.8, 4) is 5.75 Å². The Bertz CT molecular complexity index is 461. The predicted molar refractivity (Wildman–Crippen MR) is 43.6 cm³/mol. The van der Waals surface area contributed by atoms with Gasteiger partial charge in [-0.15, -0.1) is 13.2 Å². The molecule has 0 amide bonds. The second-order valence-electron chi connectivity index (χ2n) is 3.07. The van der Waals surface area contributed by atoms with E-state index < -0.39 is 35.5 Å². The van der Waals surface area contributed by atoms with Crippen LogP contribution in [0.1, 0.15) is 15.9 Å². The first-order valence-corrected chi connectivity index (χ1v) is 4.17. The summed E-state index contributed by atoms with van der Waals surface area (Å²) in [5.41, 5.74) is -2.80. The van der Waals surface area contributed by atoms with Crippen LogP contribution in [0, 0.1) is 0 Å². The maximum absolute atomic E-state index is 12.3. The number of benzene rings is 1. The Morgan fingerprint density at radius 3 is 1.94 bits per heavy atom. The topological polar surface area (TPSA) is 26.3 Å². The minimum atomic E-state index is -5.25. The van der Waals surface area contributed by atoms with Crippen LogP contribution in [0.4, 0.5) is 30.7 Å². The molecule has 100 valence electrons. The molecule has 0 aliphatic rings. The molecule has 0 spiro atoms. The summed E-state index contributed by atoms with van der Waals surface area (Å²) in [4.78, 5) is 10.3. The molecule has 0 unspecified atom stereocenters. The van der Waals surface area contributed by atoms with Gasteiger partial charge >= 0.3 is 18.6 Å². The molecule has 1 aromatic rings. The molecule has 1 rings (SSSR count). The summed E-state index contributed by atoms with van der Waals surface area (Å²) >= 11 is 0. The molecule has 0 N–H and O–H groups in total. The molecule has 9 heteroatoms. The van der Waals surface area contributed by atoms with Crippen LogP contribution in [0.5, 0.6) is 5.75 Å². The van der Waals surface area contributed by atoms with E-state index in [2.05, 4.69) is 4.74 Å². The lowest BCUT2D eigenvalue weighted by atomic mass is 10.1. The fourth-order valence-electron chi connectivity index (χ4n) is 1.07. The zero-order valence-electron chi connectivity index (χ0n) is 8.19. The Morgan fingerprint density at radius 2 is 1.56 bits per heavy atom. The van der Waals surface area contributed by atoms with Crippen molar-refractivity contribution in [3.05, 3.63) is 29.3 Å². The Balaban J connectivity index is 3.27. The molecule has 18 heavy (non-hydrogen) atoms. The van der Waals surface area contributed by atoms with Gasteiger partial charge in [0.25, 0.3) is 0 Å². The number of halogens is 7. The van der Waals surface area contributed by atoms with Crippen LogP contribution in [0.25, 0.3) is 0 Å². The van der Waals surface area contributed by atoms with E-state index in [1.807, 2.05) is 0 Å². The number of carbonyl (C=O) groups is 1. The molecule has 0 bridgehead atoms. The molecule has 1 aromatic carbocycles. The zero-order chi connectivity index (χ0) is 14.1. The van der Waals surface area contributed by atoms with Crippen molar-refractivity contribution in [3.63, 3.8) is 0 Å². The highest BCUT2D eigenvalue weighted by Gasteiger charge is 2.35. The fourth-order valence-corrected chi connectivity index (χ4v) is 1.07. The van der Waals surface area contributed by atoms with Crippen LogP contribution in [0.2, 0.25) is 0 Å². The zero-order valence-corrected chi connectivity index (χ0v) is 8.19. The summed E-state index contributed by atoms with van der Waals surface area (Å²) in [7, 11) is 0. The number of ether oxygens (including phenoxy) is 1. The van der Waals surface area contributed by atoms with Gasteiger partial charge in [0, 0.05) is 0 Å². The highest BCUT2D eigenvalue weighted by Crippen LogP contribution is 2.34. The summed E-state index contributed by atoms with van der Waals surface area (Å²) in [5, 5.41) is 0. The fraction of sp³-hybridized carbons (Fsp3) is 0.222. The smallest absolute Gasteiger partial charge is 0.406 e. The number of rotatable bonds is 2. The second kappa shape index (κ2) is 4.46. The maximum atomic E-state index is 12.3. The molecule has 0 aromatic heterocycles. The van der Waals surface area contributed by atoms with Crippen molar-refractivity contribution in [2.75, 3.05) is 0 Å². The van der Waals surface area contributed by atoms with Crippen LogP contribution in [-0.4, -0.2) is 12.4 Å². The van der Waals surface area contributed by atoms with Gasteiger partial charge in [-0.25, -0.2) is 0 Å². The SMILES string of the molecule is O=C(F)c1cc(OC(F)(F)F)cc(C(F)(F)F)c1. The molecule has 0 saturated heterocycles. The molecule has 0 atom stereocenters. The van der Waals surface area contributed by atoms with Gasteiger partial charge in [-0.05, 0) is 18.2 Å². The number of hydrogen-bond acceptors (Lipinski definition) is 2. The van der Waals surface area contributed by atoms with Gasteiger partial charge in [-0.2, -0.15) is 17.6 Å². The van der Waals surface area contributed by atoms with E-state index in [9.17, 15) is 35.5 Å². The highest BCUT2D eigenvalue weighted by atomic mass is 19.4. The van der Waals surface area contributed by atoms with Gasteiger partial charge in [-0.1, -0.05) is 0 Å². The summed E-state index contributed by atoms with van der Waals surface area (Å²) in [5.74, 6) is -1.32. The number of carbonyl (C=O) groups excluding carboxylic acids is 1. The van der Waals surface area contributed by atoms with Crippen molar-refractivity contribution < 1.29 is 40.3 Å².